The van der Waals surface area contributed by atoms with Gasteiger partial charge in [-0.05, 0) is 53.9 Å². The van der Waals surface area contributed by atoms with E-state index in [-0.39, 0.29) is 24.2 Å². The summed E-state index contributed by atoms with van der Waals surface area (Å²) < 4.78 is 30.5. The van der Waals surface area contributed by atoms with Crippen molar-refractivity contribution in [3.63, 3.8) is 0 Å². The van der Waals surface area contributed by atoms with Crippen LogP contribution in [0, 0.1) is 5.82 Å². The van der Waals surface area contributed by atoms with Gasteiger partial charge in [-0.2, -0.15) is 4.98 Å². The van der Waals surface area contributed by atoms with Crippen LogP contribution < -0.4 is 9.47 Å². The SMILES string of the molecule is COc1ccc(CN2C(=O)CCC2c2nc(-c3ccc(OCc4ccccc4)cc3)no2)cc1F. The third-order valence-corrected chi connectivity index (χ3v) is 5.98. The Hall–Kier alpha value is -4.20. The van der Waals surface area contributed by atoms with Crippen molar-refractivity contribution in [2.24, 2.45) is 0 Å². The number of halogens is 1. The Kier molecular flexibility index (Phi) is 6.43. The number of carbonyl (C=O) groups excluding carboxylic acids is 1. The number of nitrogens with zero attached hydrogens (tertiary/aromatic N) is 3. The minimum atomic E-state index is -0.468. The predicted octanol–water partition coefficient (Wildman–Crippen LogP) is 5.33. The van der Waals surface area contributed by atoms with Crippen molar-refractivity contribution >= 4 is 5.91 Å². The molecule has 0 aliphatic carbocycles. The smallest absolute Gasteiger partial charge is 0.249 e. The maximum atomic E-state index is 14.1. The van der Waals surface area contributed by atoms with Gasteiger partial charge in [0, 0.05) is 18.5 Å². The highest BCUT2D eigenvalue weighted by Crippen LogP contribution is 2.34. The summed E-state index contributed by atoms with van der Waals surface area (Å²) >= 11 is 0. The standard InChI is InChI=1S/C27H24FN3O4/c1-33-24-13-7-19(15-22(24)28)16-31-23(12-14-25(31)32)27-29-26(30-35-27)20-8-10-21(11-9-20)34-17-18-5-3-2-4-6-18/h2-11,13,15,23H,12,14,16-17H2,1H3. The van der Waals surface area contributed by atoms with E-state index in [4.69, 9.17) is 14.0 Å². The van der Waals surface area contributed by atoms with Crippen LogP contribution in [-0.2, 0) is 17.9 Å². The van der Waals surface area contributed by atoms with Gasteiger partial charge >= 0.3 is 0 Å². The molecule has 1 amide bonds. The van der Waals surface area contributed by atoms with Crippen molar-refractivity contribution < 1.29 is 23.2 Å². The maximum Gasteiger partial charge on any atom is 0.249 e. The Morgan fingerprint density at radius 1 is 1.06 bits per heavy atom. The molecule has 2 heterocycles. The van der Waals surface area contributed by atoms with Gasteiger partial charge in [0.2, 0.25) is 17.6 Å². The predicted molar refractivity (Wildman–Crippen MR) is 126 cm³/mol. The molecule has 1 aliphatic heterocycles. The van der Waals surface area contributed by atoms with Crippen LogP contribution in [0.3, 0.4) is 0 Å². The number of ether oxygens (including phenoxy) is 2. The van der Waals surface area contributed by atoms with Gasteiger partial charge < -0.3 is 18.9 Å². The summed E-state index contributed by atoms with van der Waals surface area (Å²) in [6, 6.07) is 21.7. The van der Waals surface area contributed by atoms with Crippen LogP contribution in [0.2, 0.25) is 0 Å². The molecular formula is C27H24FN3O4. The maximum absolute atomic E-state index is 14.1. The third-order valence-electron chi connectivity index (χ3n) is 5.98. The van der Waals surface area contributed by atoms with E-state index < -0.39 is 5.82 Å². The molecule has 0 radical (unpaired) electrons. The highest BCUT2D eigenvalue weighted by molar-refractivity contribution is 5.78. The molecule has 0 saturated carbocycles. The molecule has 3 aromatic carbocycles. The van der Waals surface area contributed by atoms with Gasteiger partial charge in [0.25, 0.3) is 0 Å². The van der Waals surface area contributed by atoms with Crippen molar-refractivity contribution in [3.05, 3.63) is 95.6 Å². The van der Waals surface area contributed by atoms with Gasteiger partial charge in [-0.1, -0.05) is 41.6 Å². The highest BCUT2D eigenvalue weighted by Gasteiger charge is 2.36. The van der Waals surface area contributed by atoms with Crippen LogP contribution in [0.1, 0.15) is 35.9 Å². The quantitative estimate of drug-likeness (QED) is 0.344. The average molecular weight is 474 g/mol. The first kappa shape index (κ1) is 22.6. The van der Waals surface area contributed by atoms with Gasteiger partial charge in [-0.15, -0.1) is 0 Å². The first-order valence-electron chi connectivity index (χ1n) is 11.3. The van der Waals surface area contributed by atoms with E-state index in [1.54, 1.807) is 17.0 Å². The third kappa shape index (κ3) is 5.01. The number of benzene rings is 3. The largest absolute Gasteiger partial charge is 0.494 e. The van der Waals surface area contributed by atoms with E-state index in [2.05, 4.69) is 10.1 Å². The normalized spacial score (nSPS) is 15.4. The van der Waals surface area contributed by atoms with E-state index in [1.807, 2.05) is 54.6 Å². The van der Waals surface area contributed by atoms with E-state index in [1.165, 1.54) is 13.2 Å². The summed E-state index contributed by atoms with van der Waals surface area (Å²) in [6.07, 6.45) is 0.930. The molecule has 1 fully saturated rings. The Bertz CT molecular complexity index is 1310. The fourth-order valence-corrected chi connectivity index (χ4v) is 4.12. The molecule has 178 valence electrons. The lowest BCUT2D eigenvalue weighted by Gasteiger charge is -2.22. The van der Waals surface area contributed by atoms with Crippen LogP contribution in [0.4, 0.5) is 4.39 Å². The summed E-state index contributed by atoms with van der Waals surface area (Å²) in [5.74, 6) is 1.20. The van der Waals surface area contributed by atoms with Crippen LogP contribution in [0.25, 0.3) is 11.4 Å². The molecule has 8 heteroatoms. The minimum Gasteiger partial charge on any atom is -0.494 e. The number of aromatic nitrogens is 2. The lowest BCUT2D eigenvalue weighted by atomic mass is 10.1. The topological polar surface area (TPSA) is 77.7 Å². The summed E-state index contributed by atoms with van der Waals surface area (Å²) in [5, 5.41) is 4.12. The minimum absolute atomic E-state index is 0.0362. The van der Waals surface area contributed by atoms with Crippen LogP contribution in [0.5, 0.6) is 11.5 Å². The molecule has 1 aromatic heterocycles. The van der Waals surface area contributed by atoms with E-state index >= 15 is 0 Å². The van der Waals surface area contributed by atoms with Crippen molar-refractivity contribution in [1.29, 1.82) is 0 Å². The molecule has 7 nitrogen and oxygen atoms in total. The molecule has 5 rings (SSSR count). The molecule has 1 atom stereocenters. The van der Waals surface area contributed by atoms with Crippen molar-refractivity contribution in [2.45, 2.75) is 32.0 Å². The second kappa shape index (κ2) is 9.97. The number of hydrogen-bond donors (Lipinski definition) is 0. The Morgan fingerprint density at radius 2 is 1.86 bits per heavy atom. The van der Waals surface area contributed by atoms with Gasteiger partial charge in [0.05, 0.1) is 7.11 Å². The Labute approximate surface area is 202 Å². The Morgan fingerprint density at radius 3 is 2.60 bits per heavy atom. The second-order valence-electron chi connectivity index (χ2n) is 8.30. The fourth-order valence-electron chi connectivity index (χ4n) is 4.12. The highest BCUT2D eigenvalue weighted by atomic mass is 19.1. The van der Waals surface area contributed by atoms with E-state index in [0.717, 1.165) is 16.9 Å². The first-order valence-corrected chi connectivity index (χ1v) is 11.3. The van der Waals surface area contributed by atoms with Gasteiger partial charge in [-0.25, -0.2) is 4.39 Å². The van der Waals surface area contributed by atoms with E-state index in [0.29, 0.717) is 36.7 Å². The van der Waals surface area contributed by atoms with Crippen LogP contribution in [0.15, 0.2) is 77.3 Å². The molecular weight excluding hydrogens is 449 g/mol. The van der Waals surface area contributed by atoms with Crippen molar-refractivity contribution in [1.82, 2.24) is 15.0 Å². The molecule has 35 heavy (non-hydrogen) atoms. The van der Waals surface area contributed by atoms with Gasteiger partial charge in [0.1, 0.15) is 18.4 Å². The molecule has 0 N–H and O–H groups in total. The Balaban J connectivity index is 1.27. The summed E-state index contributed by atoms with van der Waals surface area (Å²) in [5.41, 5.74) is 2.53. The summed E-state index contributed by atoms with van der Waals surface area (Å²) in [6.45, 7) is 0.728. The van der Waals surface area contributed by atoms with Crippen LogP contribution >= 0.6 is 0 Å². The number of methoxy groups -OCH3 is 1. The van der Waals surface area contributed by atoms with E-state index in [9.17, 15) is 9.18 Å². The van der Waals surface area contributed by atoms with Crippen molar-refractivity contribution in [2.75, 3.05) is 7.11 Å². The zero-order valence-electron chi connectivity index (χ0n) is 19.2. The van der Waals surface area contributed by atoms with Gasteiger partial charge in [0.15, 0.2) is 11.6 Å². The molecule has 4 aromatic rings. The molecule has 1 saturated heterocycles. The molecule has 0 bridgehead atoms. The van der Waals surface area contributed by atoms with Crippen molar-refractivity contribution in [3.8, 4) is 22.9 Å². The zero-order valence-corrected chi connectivity index (χ0v) is 19.2. The second-order valence-corrected chi connectivity index (χ2v) is 8.30. The van der Waals surface area contributed by atoms with Gasteiger partial charge in [-0.3, -0.25) is 4.79 Å². The lowest BCUT2D eigenvalue weighted by molar-refractivity contribution is -0.130. The number of carbonyl (C=O) groups is 1. The number of likely N-dealkylation sites (tertiary alicyclic amines) is 1. The summed E-state index contributed by atoms with van der Waals surface area (Å²) in [7, 11) is 1.41. The number of amides is 1. The fraction of sp³-hybridized carbons (Fsp3) is 0.222. The average Bonchev–Trinajstić information content (AvgIpc) is 3.51. The first-order chi connectivity index (χ1) is 17.1. The number of hydrogen-bond acceptors (Lipinski definition) is 6. The summed E-state index contributed by atoms with van der Waals surface area (Å²) in [4.78, 5) is 18.8. The monoisotopic (exact) mass is 473 g/mol. The zero-order chi connectivity index (χ0) is 24.2. The number of rotatable bonds is 8. The lowest BCUT2D eigenvalue weighted by Crippen LogP contribution is -2.27. The molecule has 1 unspecified atom stereocenters. The molecule has 1 aliphatic rings. The molecule has 0 spiro atoms. The van der Waals surface area contributed by atoms with Crippen LogP contribution in [-0.4, -0.2) is 28.1 Å².